The molecular formula is C11H17N5O. The predicted octanol–water partition coefficient (Wildman–Crippen LogP) is 0.851. The number of nitrogens with two attached hydrogens (primary N) is 1. The van der Waals surface area contributed by atoms with Crippen LogP contribution in [0.25, 0.3) is 11.0 Å². The standard InChI is InChI=1S/C11H17N5O/c1-13-6-3-7-16(2)9-5-4-8(12)10-11(9)15-17-14-10/h4-5,13H,3,6-7,12H2,1-2H3. The van der Waals surface area contributed by atoms with E-state index < -0.39 is 0 Å². The third-order valence-corrected chi connectivity index (χ3v) is 2.76. The Labute approximate surface area is 99.7 Å². The Hall–Kier alpha value is -1.82. The molecule has 3 N–H and O–H groups in total. The van der Waals surface area contributed by atoms with Gasteiger partial charge in [-0.05, 0) is 42.5 Å². The summed E-state index contributed by atoms with van der Waals surface area (Å²) >= 11 is 0. The summed E-state index contributed by atoms with van der Waals surface area (Å²) in [5.41, 5.74) is 8.73. The second-order valence-electron chi connectivity index (χ2n) is 4.01. The lowest BCUT2D eigenvalue weighted by atomic mass is 10.2. The SMILES string of the molecule is CNCCCN(C)c1ccc(N)c2nonc12. The van der Waals surface area contributed by atoms with Crippen LogP contribution in [0.1, 0.15) is 6.42 Å². The predicted molar refractivity (Wildman–Crippen MR) is 68.0 cm³/mol. The number of nitrogen functional groups attached to an aromatic ring is 1. The molecule has 6 heteroatoms. The van der Waals surface area contributed by atoms with Gasteiger partial charge in [-0.3, -0.25) is 0 Å². The molecule has 0 saturated carbocycles. The van der Waals surface area contributed by atoms with Gasteiger partial charge in [-0.2, -0.15) is 0 Å². The molecule has 92 valence electrons. The second kappa shape index (κ2) is 5.01. The van der Waals surface area contributed by atoms with E-state index in [1.807, 2.05) is 26.2 Å². The van der Waals surface area contributed by atoms with E-state index >= 15 is 0 Å². The Kier molecular flexibility index (Phi) is 3.43. The van der Waals surface area contributed by atoms with Crippen LogP contribution in [0.2, 0.25) is 0 Å². The Morgan fingerprint density at radius 3 is 2.88 bits per heavy atom. The highest BCUT2D eigenvalue weighted by Crippen LogP contribution is 2.27. The van der Waals surface area contributed by atoms with Crippen LogP contribution in [-0.4, -0.2) is 37.5 Å². The highest BCUT2D eigenvalue weighted by molar-refractivity contribution is 5.95. The fourth-order valence-corrected chi connectivity index (χ4v) is 1.79. The number of rotatable bonds is 5. The number of fused-ring (bicyclic) bond motifs is 1. The maximum absolute atomic E-state index is 5.80. The van der Waals surface area contributed by atoms with E-state index in [1.54, 1.807) is 0 Å². The highest BCUT2D eigenvalue weighted by atomic mass is 16.6. The molecule has 2 rings (SSSR count). The van der Waals surface area contributed by atoms with Crippen LogP contribution in [-0.2, 0) is 0 Å². The highest BCUT2D eigenvalue weighted by Gasteiger charge is 2.12. The normalized spacial score (nSPS) is 10.9. The minimum Gasteiger partial charge on any atom is -0.397 e. The zero-order valence-electron chi connectivity index (χ0n) is 10.1. The van der Waals surface area contributed by atoms with Crippen LogP contribution in [0, 0.1) is 0 Å². The van der Waals surface area contributed by atoms with Gasteiger partial charge in [0.05, 0.1) is 11.4 Å². The first kappa shape index (κ1) is 11.7. The molecule has 1 aromatic carbocycles. The smallest absolute Gasteiger partial charge is 0.160 e. The molecule has 0 aliphatic heterocycles. The number of hydrogen-bond acceptors (Lipinski definition) is 6. The van der Waals surface area contributed by atoms with Gasteiger partial charge < -0.3 is 16.0 Å². The van der Waals surface area contributed by atoms with Gasteiger partial charge in [0, 0.05) is 13.6 Å². The minimum atomic E-state index is 0.591. The van der Waals surface area contributed by atoms with E-state index in [-0.39, 0.29) is 0 Å². The van der Waals surface area contributed by atoms with Crippen LogP contribution in [0.4, 0.5) is 11.4 Å². The summed E-state index contributed by atoms with van der Waals surface area (Å²) in [4.78, 5) is 2.13. The first-order valence-electron chi connectivity index (χ1n) is 5.60. The molecule has 0 atom stereocenters. The quantitative estimate of drug-likeness (QED) is 0.591. The molecule has 2 aromatic rings. The molecule has 0 amide bonds. The van der Waals surface area contributed by atoms with Crippen molar-refractivity contribution in [2.45, 2.75) is 6.42 Å². The molecular weight excluding hydrogens is 218 g/mol. The number of anilines is 2. The molecule has 0 bridgehead atoms. The van der Waals surface area contributed by atoms with E-state index in [2.05, 4.69) is 20.5 Å². The molecule has 0 fully saturated rings. The van der Waals surface area contributed by atoms with Crippen molar-refractivity contribution in [1.82, 2.24) is 15.6 Å². The van der Waals surface area contributed by atoms with Crippen LogP contribution in [0.15, 0.2) is 16.8 Å². The number of hydrogen-bond donors (Lipinski definition) is 2. The Bertz CT molecular complexity index is 496. The van der Waals surface area contributed by atoms with E-state index in [0.29, 0.717) is 11.2 Å². The number of aromatic nitrogens is 2. The largest absolute Gasteiger partial charge is 0.397 e. The Balaban J connectivity index is 2.23. The van der Waals surface area contributed by atoms with Crippen molar-refractivity contribution in [3.63, 3.8) is 0 Å². The summed E-state index contributed by atoms with van der Waals surface area (Å²) in [5.74, 6) is 0. The fraction of sp³-hybridized carbons (Fsp3) is 0.455. The molecule has 0 saturated heterocycles. The van der Waals surface area contributed by atoms with Crippen LogP contribution in [0.5, 0.6) is 0 Å². The number of benzene rings is 1. The summed E-state index contributed by atoms with van der Waals surface area (Å²) in [5, 5.41) is 10.8. The van der Waals surface area contributed by atoms with Gasteiger partial charge in [0.15, 0.2) is 11.0 Å². The zero-order valence-corrected chi connectivity index (χ0v) is 10.1. The summed E-state index contributed by atoms with van der Waals surface area (Å²) in [6.45, 7) is 1.92. The Morgan fingerprint density at radius 1 is 1.35 bits per heavy atom. The second-order valence-corrected chi connectivity index (χ2v) is 4.01. The molecule has 17 heavy (non-hydrogen) atoms. The first-order valence-corrected chi connectivity index (χ1v) is 5.60. The average Bonchev–Trinajstić information content (AvgIpc) is 2.79. The third kappa shape index (κ3) is 2.31. The molecule has 0 aliphatic carbocycles. The minimum absolute atomic E-state index is 0.591. The maximum Gasteiger partial charge on any atom is 0.160 e. The van der Waals surface area contributed by atoms with Crippen molar-refractivity contribution in [2.24, 2.45) is 0 Å². The van der Waals surface area contributed by atoms with Gasteiger partial charge in [0.2, 0.25) is 0 Å². The average molecular weight is 235 g/mol. The molecule has 6 nitrogen and oxygen atoms in total. The summed E-state index contributed by atoms with van der Waals surface area (Å²) in [6, 6.07) is 3.78. The third-order valence-electron chi connectivity index (χ3n) is 2.76. The lowest BCUT2D eigenvalue weighted by molar-refractivity contribution is 0.315. The van der Waals surface area contributed by atoms with Gasteiger partial charge in [0.1, 0.15) is 0 Å². The number of nitrogens with one attached hydrogen (secondary N) is 1. The summed E-state index contributed by atoms with van der Waals surface area (Å²) in [7, 11) is 3.97. The van der Waals surface area contributed by atoms with Crippen molar-refractivity contribution >= 4 is 22.4 Å². The molecule has 0 spiro atoms. The van der Waals surface area contributed by atoms with Crippen molar-refractivity contribution in [1.29, 1.82) is 0 Å². The van der Waals surface area contributed by atoms with E-state index in [9.17, 15) is 0 Å². The topological polar surface area (TPSA) is 80.2 Å². The first-order chi connectivity index (χ1) is 8.24. The molecule has 0 aliphatic rings. The van der Waals surface area contributed by atoms with Gasteiger partial charge in [-0.15, -0.1) is 0 Å². The molecule has 1 aromatic heterocycles. The zero-order chi connectivity index (χ0) is 12.3. The fourth-order valence-electron chi connectivity index (χ4n) is 1.79. The lowest BCUT2D eigenvalue weighted by Gasteiger charge is -2.19. The monoisotopic (exact) mass is 235 g/mol. The van der Waals surface area contributed by atoms with E-state index in [4.69, 9.17) is 10.4 Å². The van der Waals surface area contributed by atoms with Crippen molar-refractivity contribution in [3.8, 4) is 0 Å². The maximum atomic E-state index is 5.80. The van der Waals surface area contributed by atoms with Crippen LogP contribution < -0.4 is 16.0 Å². The van der Waals surface area contributed by atoms with Crippen molar-refractivity contribution < 1.29 is 4.63 Å². The molecule has 0 unspecified atom stereocenters. The van der Waals surface area contributed by atoms with Crippen LogP contribution in [0.3, 0.4) is 0 Å². The number of nitrogens with zero attached hydrogens (tertiary/aromatic N) is 3. The van der Waals surface area contributed by atoms with Gasteiger partial charge in [-0.1, -0.05) is 0 Å². The summed E-state index contributed by atoms with van der Waals surface area (Å²) in [6.07, 6.45) is 1.06. The van der Waals surface area contributed by atoms with Gasteiger partial charge >= 0.3 is 0 Å². The lowest BCUT2D eigenvalue weighted by Crippen LogP contribution is -2.22. The van der Waals surface area contributed by atoms with Crippen molar-refractivity contribution in [2.75, 3.05) is 37.8 Å². The Morgan fingerprint density at radius 2 is 2.12 bits per heavy atom. The van der Waals surface area contributed by atoms with E-state index in [1.165, 1.54) is 0 Å². The van der Waals surface area contributed by atoms with Crippen molar-refractivity contribution in [3.05, 3.63) is 12.1 Å². The molecule has 0 radical (unpaired) electrons. The van der Waals surface area contributed by atoms with Gasteiger partial charge in [-0.25, -0.2) is 4.63 Å². The van der Waals surface area contributed by atoms with Crippen LogP contribution >= 0.6 is 0 Å². The van der Waals surface area contributed by atoms with E-state index in [0.717, 1.165) is 30.7 Å². The van der Waals surface area contributed by atoms with Gasteiger partial charge in [0.25, 0.3) is 0 Å². The summed E-state index contributed by atoms with van der Waals surface area (Å²) < 4.78 is 4.74. The molecule has 1 heterocycles.